The van der Waals surface area contributed by atoms with Crippen molar-refractivity contribution >= 4 is 11.8 Å². The van der Waals surface area contributed by atoms with Crippen molar-refractivity contribution in [3.63, 3.8) is 0 Å². The quantitative estimate of drug-likeness (QED) is 0.332. The van der Waals surface area contributed by atoms with E-state index in [0.29, 0.717) is 6.07 Å². The summed E-state index contributed by atoms with van der Waals surface area (Å²) >= 11 is 0. The van der Waals surface area contributed by atoms with Gasteiger partial charge in [0, 0.05) is 11.1 Å². The van der Waals surface area contributed by atoms with E-state index in [2.05, 4.69) is 4.98 Å². The van der Waals surface area contributed by atoms with E-state index in [1.807, 2.05) is 0 Å². The fourth-order valence-corrected chi connectivity index (χ4v) is 3.55. The molecule has 0 radical (unpaired) electrons. The van der Waals surface area contributed by atoms with Gasteiger partial charge in [0.25, 0.3) is 11.8 Å². The van der Waals surface area contributed by atoms with Gasteiger partial charge in [0.05, 0.1) is 22.3 Å². The maximum atomic E-state index is 13.4. The smallest absolute Gasteiger partial charge is 0.364 e. The van der Waals surface area contributed by atoms with Crippen LogP contribution in [0.3, 0.4) is 0 Å². The maximum Gasteiger partial charge on any atom is 0.416 e. The van der Waals surface area contributed by atoms with Crippen molar-refractivity contribution in [1.82, 2.24) is 4.98 Å². The van der Waals surface area contributed by atoms with Crippen LogP contribution < -0.4 is 11.5 Å². The Kier molecular flexibility index (Phi) is 7.34. The minimum atomic E-state index is -5.38. The second kappa shape index (κ2) is 9.71. The van der Waals surface area contributed by atoms with E-state index in [9.17, 15) is 62.3 Å². The number of amides is 2. The van der Waals surface area contributed by atoms with E-state index in [0.717, 1.165) is 0 Å². The summed E-state index contributed by atoms with van der Waals surface area (Å²) in [5.41, 5.74) is -3.63. The topological polar surface area (TPSA) is 99.1 Å². The third-order valence-electron chi connectivity index (χ3n) is 5.29. The van der Waals surface area contributed by atoms with Gasteiger partial charge in [0.1, 0.15) is 11.4 Å². The summed E-state index contributed by atoms with van der Waals surface area (Å²) in [5.74, 6) is -3.26. The zero-order chi connectivity index (χ0) is 30.6. The first-order valence-corrected chi connectivity index (χ1v) is 10.2. The lowest BCUT2D eigenvalue weighted by atomic mass is 9.92. The molecule has 3 rings (SSSR count). The molecule has 40 heavy (non-hydrogen) atoms. The van der Waals surface area contributed by atoms with Crippen LogP contribution in [0.1, 0.15) is 43.2 Å². The zero-order valence-corrected chi connectivity index (χ0v) is 19.0. The van der Waals surface area contributed by atoms with Gasteiger partial charge < -0.3 is 11.5 Å². The summed E-state index contributed by atoms with van der Waals surface area (Å²) in [6.45, 7) is 0. The number of nitrogens with two attached hydrogens (primary N) is 2. The summed E-state index contributed by atoms with van der Waals surface area (Å²) in [6.07, 6.45) is -21.5. The van der Waals surface area contributed by atoms with Crippen LogP contribution in [0.4, 0.5) is 52.7 Å². The summed E-state index contributed by atoms with van der Waals surface area (Å²) in [6, 6.07) is 0.293. The standard InChI is InChI=1S/C23H11F12N3O2/c24-20(25,26)10-1-8(2-11(5-10)21(27,28)29)14-7-15(17(19(37)40)38-16(14)18(36)39)9-3-12(22(30,31)32)6-13(4-9)23(33,34)35/h1-7H,(H2,36,39)(H2,37,40). The number of alkyl halides is 12. The van der Waals surface area contributed by atoms with E-state index >= 15 is 0 Å². The first-order chi connectivity index (χ1) is 18.0. The van der Waals surface area contributed by atoms with Crippen LogP contribution in [-0.4, -0.2) is 16.8 Å². The van der Waals surface area contributed by atoms with Crippen LogP contribution >= 0.6 is 0 Å². The highest BCUT2D eigenvalue weighted by Gasteiger charge is 2.39. The molecule has 2 amide bonds. The van der Waals surface area contributed by atoms with E-state index in [1.54, 1.807) is 0 Å². The van der Waals surface area contributed by atoms with E-state index in [-0.39, 0.29) is 36.4 Å². The molecule has 0 saturated heterocycles. The number of hydrogen-bond acceptors (Lipinski definition) is 3. The second-order valence-electron chi connectivity index (χ2n) is 8.10. The third kappa shape index (κ3) is 6.28. The molecule has 0 atom stereocenters. The molecule has 0 aliphatic rings. The van der Waals surface area contributed by atoms with Gasteiger partial charge in [-0.2, -0.15) is 52.7 Å². The van der Waals surface area contributed by atoms with Gasteiger partial charge in [-0.05, 0) is 53.6 Å². The fraction of sp³-hybridized carbons (Fsp3) is 0.174. The van der Waals surface area contributed by atoms with Gasteiger partial charge in [-0.25, -0.2) is 4.98 Å². The summed E-state index contributed by atoms with van der Waals surface area (Å²) in [5, 5.41) is 0. The van der Waals surface area contributed by atoms with Gasteiger partial charge in [0.2, 0.25) is 0 Å². The average molecular weight is 589 g/mol. The minimum absolute atomic E-state index is 0.111. The van der Waals surface area contributed by atoms with Gasteiger partial charge in [-0.1, -0.05) is 0 Å². The molecule has 1 heterocycles. The highest BCUT2D eigenvalue weighted by Crippen LogP contribution is 2.42. The Morgan fingerprint density at radius 3 is 0.925 bits per heavy atom. The third-order valence-corrected chi connectivity index (χ3v) is 5.29. The van der Waals surface area contributed by atoms with Crippen molar-refractivity contribution in [1.29, 1.82) is 0 Å². The largest absolute Gasteiger partial charge is 0.416 e. The number of rotatable bonds is 4. The van der Waals surface area contributed by atoms with Crippen molar-refractivity contribution in [2.24, 2.45) is 11.5 Å². The normalized spacial score (nSPS) is 12.9. The number of primary amides is 2. The van der Waals surface area contributed by atoms with Crippen LogP contribution in [0.5, 0.6) is 0 Å². The number of carbonyl (C=O) groups excluding carboxylic acids is 2. The predicted octanol–water partition coefficient (Wildman–Crippen LogP) is 6.69. The zero-order valence-electron chi connectivity index (χ0n) is 19.0. The van der Waals surface area contributed by atoms with Crippen LogP contribution in [0.2, 0.25) is 0 Å². The van der Waals surface area contributed by atoms with Crippen molar-refractivity contribution in [3.8, 4) is 22.3 Å². The SMILES string of the molecule is NC(=O)c1nc(C(N)=O)c(-c2cc(C(F)(F)F)cc(C(F)(F)F)c2)cc1-c1cc(C(F)(F)F)cc(C(F)(F)F)c1. The Hall–Kier alpha value is -4.31. The highest BCUT2D eigenvalue weighted by molar-refractivity contribution is 6.04. The Balaban J connectivity index is 2.51. The number of aromatic nitrogens is 1. The summed E-state index contributed by atoms with van der Waals surface area (Å²) in [4.78, 5) is 27.5. The van der Waals surface area contributed by atoms with Crippen molar-refractivity contribution < 1.29 is 62.3 Å². The number of nitrogens with zero attached hydrogens (tertiary/aromatic N) is 1. The van der Waals surface area contributed by atoms with Crippen molar-refractivity contribution in [2.75, 3.05) is 0 Å². The fourth-order valence-electron chi connectivity index (χ4n) is 3.55. The molecule has 0 fully saturated rings. The Labute approximate surface area is 214 Å². The molecule has 0 unspecified atom stereocenters. The lowest BCUT2D eigenvalue weighted by Crippen LogP contribution is -2.21. The number of hydrogen-bond donors (Lipinski definition) is 2. The molecule has 0 bridgehead atoms. The molecule has 0 aliphatic carbocycles. The maximum absolute atomic E-state index is 13.4. The molecule has 0 spiro atoms. The van der Waals surface area contributed by atoms with Gasteiger partial charge >= 0.3 is 24.7 Å². The molecule has 0 saturated carbocycles. The number of halogens is 12. The first-order valence-electron chi connectivity index (χ1n) is 10.2. The number of carbonyl (C=O) groups is 2. The van der Waals surface area contributed by atoms with Crippen molar-refractivity contribution in [3.05, 3.63) is 76.1 Å². The lowest BCUT2D eigenvalue weighted by molar-refractivity contribution is -0.144. The van der Waals surface area contributed by atoms with Crippen LogP contribution in [0.25, 0.3) is 22.3 Å². The average Bonchev–Trinajstić information content (AvgIpc) is 2.80. The second-order valence-corrected chi connectivity index (χ2v) is 8.10. The molecule has 17 heteroatoms. The molecule has 3 aromatic rings. The Morgan fingerprint density at radius 1 is 0.475 bits per heavy atom. The first kappa shape index (κ1) is 30.2. The molecule has 5 nitrogen and oxygen atoms in total. The predicted molar refractivity (Wildman–Crippen MR) is 112 cm³/mol. The highest BCUT2D eigenvalue weighted by atomic mass is 19.4. The van der Waals surface area contributed by atoms with E-state index < -0.39 is 92.4 Å². The Morgan fingerprint density at radius 2 is 0.725 bits per heavy atom. The van der Waals surface area contributed by atoms with Gasteiger partial charge in [0.15, 0.2) is 0 Å². The van der Waals surface area contributed by atoms with E-state index in [1.165, 1.54) is 0 Å². The van der Waals surface area contributed by atoms with Gasteiger partial charge in [-0.3, -0.25) is 9.59 Å². The molecule has 0 aliphatic heterocycles. The molecule has 2 aromatic carbocycles. The molecular formula is C23H11F12N3O2. The Bertz CT molecular complexity index is 1330. The van der Waals surface area contributed by atoms with Crippen LogP contribution in [-0.2, 0) is 24.7 Å². The van der Waals surface area contributed by atoms with Crippen molar-refractivity contribution in [2.45, 2.75) is 24.7 Å². The number of benzene rings is 2. The summed E-state index contributed by atoms with van der Waals surface area (Å²) < 4.78 is 161. The van der Waals surface area contributed by atoms with Gasteiger partial charge in [-0.15, -0.1) is 0 Å². The van der Waals surface area contributed by atoms with Crippen LogP contribution in [0, 0.1) is 0 Å². The monoisotopic (exact) mass is 589 g/mol. The molecular weight excluding hydrogens is 578 g/mol. The number of pyridine rings is 1. The molecule has 4 N–H and O–H groups in total. The van der Waals surface area contributed by atoms with Crippen LogP contribution in [0.15, 0.2) is 42.5 Å². The minimum Gasteiger partial charge on any atom is -0.364 e. The molecule has 214 valence electrons. The lowest BCUT2D eigenvalue weighted by Gasteiger charge is -2.18. The summed E-state index contributed by atoms with van der Waals surface area (Å²) in [7, 11) is 0. The molecule has 1 aromatic heterocycles. The van der Waals surface area contributed by atoms with E-state index in [4.69, 9.17) is 11.5 Å².